The Labute approximate surface area is 209 Å². The minimum atomic E-state index is -4.33. The van der Waals surface area contributed by atoms with E-state index in [4.69, 9.17) is 0 Å². The quantitative estimate of drug-likeness (QED) is 0.168. The van der Waals surface area contributed by atoms with Crippen molar-refractivity contribution < 1.29 is 13.0 Å². The van der Waals surface area contributed by atoms with Crippen molar-refractivity contribution >= 4 is 20.9 Å². The van der Waals surface area contributed by atoms with Gasteiger partial charge in [0.15, 0.2) is 0 Å². The van der Waals surface area contributed by atoms with Gasteiger partial charge >= 0.3 is 0 Å². The summed E-state index contributed by atoms with van der Waals surface area (Å²) < 4.78 is 35.7. The molecule has 2 aromatic carbocycles. The predicted octanol–water partition coefficient (Wildman–Crippen LogP) is 9.70. The molecular weight excluding hydrogens is 440 g/mol. The molecule has 0 saturated carbocycles. The van der Waals surface area contributed by atoms with E-state index in [2.05, 4.69) is 20.8 Å². The first kappa shape index (κ1) is 28.8. The second-order valence-corrected chi connectivity index (χ2v) is 11.5. The highest BCUT2D eigenvalue weighted by molar-refractivity contribution is 7.86. The molecule has 2 aromatic rings. The standard InChI is InChI=1S/C30H48O3S/c1-4-7-9-11-12-13-15-21-27(25(18-6-3)19-14-10-8-5-2)29-24-23-26-20-16-17-22-28(26)30(29)34(31,32)33/h16-17,20,22-25,27H,4-15,18-19,21H2,1-3H3,(H,31,32,33). The Morgan fingerprint density at radius 2 is 1.26 bits per heavy atom. The zero-order valence-electron chi connectivity index (χ0n) is 21.9. The molecule has 0 fully saturated rings. The fraction of sp³-hybridized carbons (Fsp3) is 0.667. The van der Waals surface area contributed by atoms with Crippen LogP contribution < -0.4 is 0 Å². The van der Waals surface area contributed by atoms with Crippen molar-refractivity contribution in [2.24, 2.45) is 5.92 Å². The highest BCUT2D eigenvalue weighted by atomic mass is 32.2. The van der Waals surface area contributed by atoms with Crippen molar-refractivity contribution in [3.8, 4) is 0 Å². The third-order valence-corrected chi connectivity index (χ3v) is 8.31. The van der Waals surface area contributed by atoms with Crippen LogP contribution in [-0.4, -0.2) is 13.0 Å². The van der Waals surface area contributed by atoms with Crippen LogP contribution in [0.15, 0.2) is 41.3 Å². The summed E-state index contributed by atoms with van der Waals surface area (Å²) in [5.74, 6) is 0.613. The lowest BCUT2D eigenvalue weighted by Crippen LogP contribution is -2.17. The van der Waals surface area contributed by atoms with Gasteiger partial charge in [-0.2, -0.15) is 8.42 Å². The van der Waals surface area contributed by atoms with Crippen LogP contribution in [0.1, 0.15) is 129 Å². The lowest BCUT2D eigenvalue weighted by Gasteiger charge is -2.29. The van der Waals surface area contributed by atoms with E-state index in [-0.39, 0.29) is 10.8 Å². The highest BCUT2D eigenvalue weighted by Gasteiger charge is 2.29. The van der Waals surface area contributed by atoms with Gasteiger partial charge in [0, 0.05) is 5.39 Å². The largest absolute Gasteiger partial charge is 0.295 e. The van der Waals surface area contributed by atoms with E-state index in [9.17, 15) is 13.0 Å². The van der Waals surface area contributed by atoms with Gasteiger partial charge in [0.05, 0.1) is 0 Å². The van der Waals surface area contributed by atoms with Crippen LogP contribution >= 0.6 is 0 Å². The van der Waals surface area contributed by atoms with E-state index in [1.165, 1.54) is 64.2 Å². The van der Waals surface area contributed by atoms with E-state index in [0.717, 1.165) is 43.1 Å². The average Bonchev–Trinajstić information content (AvgIpc) is 2.82. The zero-order chi connectivity index (χ0) is 24.8. The van der Waals surface area contributed by atoms with Gasteiger partial charge in [-0.05, 0) is 35.6 Å². The summed E-state index contributed by atoms with van der Waals surface area (Å²) in [6.07, 6.45) is 18.0. The van der Waals surface area contributed by atoms with Crippen LogP contribution in [0, 0.1) is 5.92 Å². The number of rotatable bonds is 18. The van der Waals surface area contributed by atoms with Crippen LogP contribution in [-0.2, 0) is 10.1 Å². The first-order chi connectivity index (χ1) is 16.4. The van der Waals surface area contributed by atoms with E-state index in [1.54, 1.807) is 0 Å². The first-order valence-electron chi connectivity index (χ1n) is 13.9. The molecule has 0 aliphatic rings. The van der Waals surface area contributed by atoms with Crippen molar-refractivity contribution in [1.82, 2.24) is 0 Å². The van der Waals surface area contributed by atoms with Crippen molar-refractivity contribution in [3.05, 3.63) is 42.0 Å². The van der Waals surface area contributed by atoms with E-state index >= 15 is 0 Å². The molecule has 192 valence electrons. The Bertz CT molecular complexity index is 935. The molecular formula is C30H48O3S. The monoisotopic (exact) mass is 488 g/mol. The molecule has 4 heteroatoms. The van der Waals surface area contributed by atoms with Gasteiger partial charge in [0.25, 0.3) is 10.1 Å². The molecule has 0 radical (unpaired) electrons. The molecule has 0 amide bonds. The molecule has 2 unspecified atom stereocenters. The Morgan fingerprint density at radius 1 is 0.676 bits per heavy atom. The highest BCUT2D eigenvalue weighted by Crippen LogP contribution is 2.41. The van der Waals surface area contributed by atoms with Crippen molar-refractivity contribution in [1.29, 1.82) is 0 Å². The predicted molar refractivity (Wildman–Crippen MR) is 146 cm³/mol. The molecule has 2 atom stereocenters. The molecule has 1 N–H and O–H groups in total. The SMILES string of the molecule is CCCCCCCCCC(c1ccc2ccccc2c1S(=O)(=O)O)C(CCC)CCCCCC. The van der Waals surface area contributed by atoms with Gasteiger partial charge in [0.2, 0.25) is 0 Å². The minimum absolute atomic E-state index is 0.146. The van der Waals surface area contributed by atoms with E-state index < -0.39 is 10.1 Å². The van der Waals surface area contributed by atoms with Crippen LogP contribution in [0.3, 0.4) is 0 Å². The zero-order valence-corrected chi connectivity index (χ0v) is 22.7. The molecule has 0 aliphatic heterocycles. The molecule has 0 heterocycles. The van der Waals surface area contributed by atoms with Crippen LogP contribution in [0.4, 0.5) is 0 Å². The summed E-state index contributed by atoms with van der Waals surface area (Å²) in [5.41, 5.74) is 0.834. The number of benzene rings is 2. The van der Waals surface area contributed by atoms with Gasteiger partial charge in [-0.1, -0.05) is 141 Å². The molecule has 34 heavy (non-hydrogen) atoms. The maximum Gasteiger partial charge on any atom is 0.295 e. The van der Waals surface area contributed by atoms with Crippen molar-refractivity contribution in [2.45, 2.75) is 128 Å². The van der Waals surface area contributed by atoms with Gasteiger partial charge in [-0.15, -0.1) is 0 Å². The third-order valence-electron chi connectivity index (χ3n) is 7.34. The molecule has 0 bridgehead atoms. The van der Waals surface area contributed by atoms with Gasteiger partial charge < -0.3 is 0 Å². The van der Waals surface area contributed by atoms with Crippen molar-refractivity contribution in [2.75, 3.05) is 0 Å². The average molecular weight is 489 g/mol. The fourth-order valence-electron chi connectivity index (χ4n) is 5.56. The minimum Gasteiger partial charge on any atom is -0.282 e. The summed E-state index contributed by atoms with van der Waals surface area (Å²) in [4.78, 5) is 0.146. The Balaban J connectivity index is 2.36. The summed E-state index contributed by atoms with van der Waals surface area (Å²) >= 11 is 0. The molecule has 0 saturated heterocycles. The lowest BCUT2D eigenvalue weighted by atomic mass is 9.77. The smallest absolute Gasteiger partial charge is 0.282 e. The Kier molecular flexibility index (Phi) is 13.2. The maximum absolute atomic E-state index is 12.7. The topological polar surface area (TPSA) is 54.4 Å². The molecule has 3 nitrogen and oxygen atoms in total. The number of hydrogen-bond donors (Lipinski definition) is 1. The van der Waals surface area contributed by atoms with Crippen LogP contribution in [0.25, 0.3) is 10.8 Å². The molecule has 0 spiro atoms. The molecule has 2 rings (SSSR count). The van der Waals surface area contributed by atoms with Gasteiger partial charge in [0.1, 0.15) is 4.90 Å². The van der Waals surface area contributed by atoms with Gasteiger partial charge in [-0.25, -0.2) is 0 Å². The van der Waals surface area contributed by atoms with E-state index in [1.807, 2.05) is 36.4 Å². The summed E-state index contributed by atoms with van der Waals surface area (Å²) in [6, 6.07) is 11.6. The first-order valence-corrected chi connectivity index (χ1v) is 15.4. The van der Waals surface area contributed by atoms with Crippen LogP contribution in [0.2, 0.25) is 0 Å². The summed E-state index contributed by atoms with van der Waals surface area (Å²) in [6.45, 7) is 6.71. The lowest BCUT2D eigenvalue weighted by molar-refractivity contribution is 0.326. The second-order valence-electron chi connectivity index (χ2n) is 10.1. The normalized spacial score (nSPS) is 13.9. The number of hydrogen-bond acceptors (Lipinski definition) is 2. The maximum atomic E-state index is 12.7. The van der Waals surface area contributed by atoms with Crippen molar-refractivity contribution in [3.63, 3.8) is 0 Å². The van der Waals surface area contributed by atoms with Crippen LogP contribution in [0.5, 0.6) is 0 Å². The summed E-state index contributed by atoms with van der Waals surface area (Å²) in [5, 5.41) is 1.51. The molecule has 0 aromatic heterocycles. The summed E-state index contributed by atoms with van der Waals surface area (Å²) in [7, 11) is -4.33. The fourth-order valence-corrected chi connectivity index (χ4v) is 6.54. The number of unbranched alkanes of at least 4 members (excludes halogenated alkanes) is 9. The number of fused-ring (bicyclic) bond motifs is 1. The Morgan fingerprint density at radius 3 is 1.91 bits per heavy atom. The third kappa shape index (κ3) is 9.00. The van der Waals surface area contributed by atoms with E-state index in [0.29, 0.717) is 11.3 Å². The second kappa shape index (κ2) is 15.6. The Hall–Kier alpha value is -1.39. The molecule has 0 aliphatic carbocycles. The van der Waals surface area contributed by atoms with Gasteiger partial charge in [-0.3, -0.25) is 4.55 Å².